The summed E-state index contributed by atoms with van der Waals surface area (Å²) in [5, 5.41) is 2.89. The Hall–Kier alpha value is -1.34. The second-order valence-corrected chi connectivity index (χ2v) is 4.20. The Bertz CT molecular complexity index is 410. The topological polar surface area (TPSA) is 30.5 Å². The summed E-state index contributed by atoms with van der Waals surface area (Å²) < 4.78 is 58.3. The molecule has 0 unspecified atom stereocenters. The number of hydrogen-bond donors (Lipinski definition) is 1. The minimum absolute atomic E-state index is 0.0573. The van der Waals surface area contributed by atoms with Gasteiger partial charge in [0.2, 0.25) is 0 Å². The Morgan fingerprint density at radius 2 is 1.90 bits per heavy atom. The van der Waals surface area contributed by atoms with Crippen molar-refractivity contribution in [2.75, 3.05) is 26.9 Å². The van der Waals surface area contributed by atoms with Crippen molar-refractivity contribution in [3.63, 3.8) is 0 Å². The third-order valence-electron chi connectivity index (χ3n) is 2.28. The molecule has 0 bridgehead atoms. The molecule has 1 rings (SSSR count). The number of benzene rings is 1. The van der Waals surface area contributed by atoms with Gasteiger partial charge in [-0.2, -0.15) is 13.2 Å². The van der Waals surface area contributed by atoms with Crippen molar-refractivity contribution in [3.05, 3.63) is 29.6 Å². The van der Waals surface area contributed by atoms with Crippen LogP contribution in [0.15, 0.2) is 18.2 Å². The van der Waals surface area contributed by atoms with Crippen LogP contribution in [-0.2, 0) is 11.3 Å². The lowest BCUT2D eigenvalue weighted by atomic mass is 10.2. The number of nitrogens with one attached hydrogen (secondary N) is 1. The van der Waals surface area contributed by atoms with Crippen LogP contribution in [0.3, 0.4) is 0 Å². The van der Waals surface area contributed by atoms with E-state index in [4.69, 9.17) is 4.74 Å². The Morgan fingerprint density at radius 3 is 2.55 bits per heavy atom. The summed E-state index contributed by atoms with van der Waals surface area (Å²) in [7, 11) is 1.74. The maximum absolute atomic E-state index is 13.3. The standard InChI is InChI=1S/C13H17F4NO2/c1-18-8-10-5-11(14)7-12(6-10)20-4-2-3-19-9-13(15,16)17/h5-7,18H,2-4,8-9H2,1H3. The van der Waals surface area contributed by atoms with Crippen LogP contribution in [0.1, 0.15) is 12.0 Å². The maximum Gasteiger partial charge on any atom is 0.411 e. The molecular weight excluding hydrogens is 278 g/mol. The summed E-state index contributed by atoms with van der Waals surface area (Å²) >= 11 is 0. The van der Waals surface area contributed by atoms with E-state index in [1.807, 2.05) is 0 Å². The first kappa shape index (κ1) is 16.7. The third kappa shape index (κ3) is 7.30. The highest BCUT2D eigenvalue weighted by atomic mass is 19.4. The Kier molecular flexibility index (Phi) is 6.74. The molecule has 1 aromatic rings. The van der Waals surface area contributed by atoms with Gasteiger partial charge >= 0.3 is 6.18 Å². The van der Waals surface area contributed by atoms with Crippen molar-refractivity contribution in [1.82, 2.24) is 5.32 Å². The van der Waals surface area contributed by atoms with Crippen LogP contribution in [0.5, 0.6) is 5.75 Å². The van der Waals surface area contributed by atoms with Crippen molar-refractivity contribution in [2.24, 2.45) is 0 Å². The fourth-order valence-electron chi connectivity index (χ4n) is 1.55. The Balaban J connectivity index is 2.28. The predicted molar refractivity (Wildman–Crippen MR) is 66.1 cm³/mol. The molecule has 1 N–H and O–H groups in total. The predicted octanol–water partition coefficient (Wildman–Crippen LogP) is 2.89. The van der Waals surface area contributed by atoms with Crippen molar-refractivity contribution >= 4 is 0 Å². The van der Waals surface area contributed by atoms with E-state index >= 15 is 0 Å². The molecule has 20 heavy (non-hydrogen) atoms. The molecule has 0 aromatic heterocycles. The van der Waals surface area contributed by atoms with Crippen molar-refractivity contribution in [1.29, 1.82) is 0 Å². The molecule has 0 radical (unpaired) electrons. The largest absolute Gasteiger partial charge is 0.493 e. The SMILES string of the molecule is CNCc1cc(F)cc(OCCCOCC(F)(F)F)c1. The quantitative estimate of drug-likeness (QED) is 0.591. The third-order valence-corrected chi connectivity index (χ3v) is 2.28. The van der Waals surface area contributed by atoms with Gasteiger partial charge in [0.25, 0.3) is 0 Å². The van der Waals surface area contributed by atoms with Gasteiger partial charge in [-0.05, 0) is 24.7 Å². The molecule has 114 valence electrons. The van der Waals surface area contributed by atoms with E-state index in [-0.39, 0.29) is 13.2 Å². The maximum atomic E-state index is 13.3. The summed E-state index contributed by atoms with van der Waals surface area (Å²) in [4.78, 5) is 0. The zero-order valence-corrected chi connectivity index (χ0v) is 11.1. The molecule has 1 aromatic carbocycles. The molecule has 7 heteroatoms. The number of ether oxygens (including phenoxy) is 2. The first-order valence-corrected chi connectivity index (χ1v) is 6.12. The van der Waals surface area contributed by atoms with Crippen molar-refractivity contribution in [3.8, 4) is 5.75 Å². The average Bonchev–Trinajstić information content (AvgIpc) is 2.32. The molecule has 0 saturated carbocycles. The van der Waals surface area contributed by atoms with Crippen molar-refractivity contribution in [2.45, 2.75) is 19.1 Å². The van der Waals surface area contributed by atoms with Crippen LogP contribution < -0.4 is 10.1 Å². The minimum Gasteiger partial charge on any atom is -0.493 e. The first-order valence-electron chi connectivity index (χ1n) is 6.12. The number of rotatable bonds is 8. The monoisotopic (exact) mass is 295 g/mol. The Morgan fingerprint density at radius 1 is 1.15 bits per heavy atom. The van der Waals surface area contributed by atoms with Gasteiger partial charge in [0, 0.05) is 19.0 Å². The highest BCUT2D eigenvalue weighted by Gasteiger charge is 2.27. The van der Waals surface area contributed by atoms with Crippen LogP contribution in [-0.4, -0.2) is 33.0 Å². The summed E-state index contributed by atoms with van der Waals surface area (Å²) in [6, 6.07) is 4.29. The molecule has 0 fully saturated rings. The summed E-state index contributed by atoms with van der Waals surface area (Å²) in [5.74, 6) is -0.0628. The van der Waals surface area contributed by atoms with E-state index in [0.717, 1.165) is 5.56 Å². The van der Waals surface area contributed by atoms with E-state index in [0.29, 0.717) is 18.7 Å². The van der Waals surface area contributed by atoms with Crippen LogP contribution in [0.2, 0.25) is 0 Å². The molecule has 0 amide bonds. The molecule has 0 atom stereocenters. The molecule has 0 spiro atoms. The number of alkyl halides is 3. The highest BCUT2D eigenvalue weighted by molar-refractivity contribution is 5.29. The first-order chi connectivity index (χ1) is 9.40. The van der Waals surface area contributed by atoms with E-state index < -0.39 is 18.6 Å². The lowest BCUT2D eigenvalue weighted by molar-refractivity contribution is -0.174. The minimum atomic E-state index is -4.31. The lowest BCUT2D eigenvalue weighted by Crippen LogP contribution is -2.18. The van der Waals surface area contributed by atoms with Gasteiger partial charge in [0.1, 0.15) is 18.2 Å². The summed E-state index contributed by atoms with van der Waals surface area (Å²) in [6.07, 6.45) is -4.01. The zero-order chi connectivity index (χ0) is 15.0. The van der Waals surface area contributed by atoms with E-state index in [2.05, 4.69) is 10.1 Å². The molecular formula is C13H17F4NO2. The van der Waals surface area contributed by atoms with Crippen LogP contribution >= 0.6 is 0 Å². The molecule has 0 aliphatic rings. The van der Waals surface area contributed by atoms with Gasteiger partial charge in [-0.15, -0.1) is 0 Å². The van der Waals surface area contributed by atoms with Crippen LogP contribution in [0, 0.1) is 5.82 Å². The van der Waals surface area contributed by atoms with Gasteiger partial charge in [0.05, 0.1) is 13.2 Å². The van der Waals surface area contributed by atoms with E-state index in [1.165, 1.54) is 12.1 Å². The normalized spacial score (nSPS) is 11.7. The second-order valence-electron chi connectivity index (χ2n) is 4.20. The average molecular weight is 295 g/mol. The van der Waals surface area contributed by atoms with E-state index in [1.54, 1.807) is 13.1 Å². The van der Waals surface area contributed by atoms with Gasteiger partial charge in [0.15, 0.2) is 0 Å². The Labute approximate surface area is 114 Å². The molecule has 0 saturated heterocycles. The van der Waals surface area contributed by atoms with Crippen molar-refractivity contribution < 1.29 is 27.0 Å². The fraction of sp³-hybridized carbons (Fsp3) is 0.538. The summed E-state index contributed by atoms with van der Waals surface area (Å²) in [5.41, 5.74) is 0.732. The highest BCUT2D eigenvalue weighted by Crippen LogP contribution is 2.17. The van der Waals surface area contributed by atoms with E-state index in [9.17, 15) is 17.6 Å². The zero-order valence-electron chi connectivity index (χ0n) is 11.1. The van der Waals surface area contributed by atoms with Gasteiger partial charge in [-0.25, -0.2) is 4.39 Å². The van der Waals surface area contributed by atoms with Gasteiger partial charge in [-0.3, -0.25) is 0 Å². The fourth-order valence-corrected chi connectivity index (χ4v) is 1.55. The molecule has 0 heterocycles. The number of hydrogen-bond acceptors (Lipinski definition) is 3. The van der Waals surface area contributed by atoms with Gasteiger partial charge < -0.3 is 14.8 Å². The summed E-state index contributed by atoms with van der Waals surface area (Å²) in [6.45, 7) is -0.652. The number of halogens is 4. The second kappa shape index (κ2) is 8.06. The molecule has 0 aliphatic heterocycles. The lowest BCUT2D eigenvalue weighted by Gasteiger charge is -2.10. The van der Waals surface area contributed by atoms with Crippen LogP contribution in [0.25, 0.3) is 0 Å². The molecule has 3 nitrogen and oxygen atoms in total. The molecule has 0 aliphatic carbocycles. The van der Waals surface area contributed by atoms with Crippen LogP contribution in [0.4, 0.5) is 17.6 Å². The smallest absolute Gasteiger partial charge is 0.411 e. The van der Waals surface area contributed by atoms with Gasteiger partial charge in [-0.1, -0.05) is 0 Å².